The van der Waals surface area contributed by atoms with Crippen LogP contribution in [0.4, 0.5) is 4.39 Å². The highest BCUT2D eigenvalue weighted by molar-refractivity contribution is 5.82. The van der Waals surface area contributed by atoms with Crippen molar-refractivity contribution in [3.05, 3.63) is 65.5 Å². The highest BCUT2D eigenvalue weighted by atomic mass is 19.1. The van der Waals surface area contributed by atoms with Gasteiger partial charge in [0.05, 0.1) is 12.6 Å². The van der Waals surface area contributed by atoms with E-state index in [9.17, 15) is 19.1 Å². The summed E-state index contributed by atoms with van der Waals surface area (Å²) < 4.78 is 19.0. The van der Waals surface area contributed by atoms with Crippen LogP contribution in [0.1, 0.15) is 18.1 Å². The molecule has 0 radical (unpaired) electrons. The molecule has 5 nitrogen and oxygen atoms in total. The largest absolute Gasteiger partial charge is 0.505 e. The normalized spacial score (nSPS) is 20.4. The number of halogens is 1. The maximum absolute atomic E-state index is 13.5. The van der Waals surface area contributed by atoms with Gasteiger partial charge in [0.2, 0.25) is 5.91 Å². The van der Waals surface area contributed by atoms with Crippen molar-refractivity contribution in [3.63, 3.8) is 0 Å². The fourth-order valence-corrected chi connectivity index (χ4v) is 3.40. The Morgan fingerprint density at radius 1 is 1.30 bits per heavy atom. The number of phenols is 1. The lowest BCUT2D eigenvalue weighted by molar-refractivity contribution is -0.145. The summed E-state index contributed by atoms with van der Waals surface area (Å²) in [5.74, 6) is -1.81. The molecule has 2 aromatic carbocycles. The second-order valence-corrected chi connectivity index (χ2v) is 6.84. The molecule has 1 aliphatic heterocycles. The fraction of sp³-hybridized carbons (Fsp3) is 0.333. The van der Waals surface area contributed by atoms with Gasteiger partial charge >= 0.3 is 0 Å². The summed E-state index contributed by atoms with van der Waals surface area (Å²) in [7, 11) is 0. The van der Waals surface area contributed by atoms with Crippen LogP contribution >= 0.6 is 0 Å². The summed E-state index contributed by atoms with van der Waals surface area (Å²) >= 11 is 0. The molecule has 2 aromatic rings. The van der Waals surface area contributed by atoms with Gasteiger partial charge in [0, 0.05) is 5.92 Å². The topological polar surface area (TPSA) is 66.8 Å². The molecule has 1 N–H and O–H groups in total. The monoisotopic (exact) mass is 371 g/mol. The van der Waals surface area contributed by atoms with E-state index >= 15 is 0 Å². The van der Waals surface area contributed by atoms with Gasteiger partial charge in [0.15, 0.2) is 24.1 Å². The van der Waals surface area contributed by atoms with Crippen LogP contribution in [0.3, 0.4) is 0 Å². The van der Waals surface area contributed by atoms with Crippen molar-refractivity contribution in [1.82, 2.24) is 4.90 Å². The Morgan fingerprint density at radius 2 is 2.04 bits per heavy atom. The van der Waals surface area contributed by atoms with E-state index < -0.39 is 23.7 Å². The molecule has 3 atom stereocenters. The summed E-state index contributed by atoms with van der Waals surface area (Å²) in [5.41, 5.74) is 1.66. The average Bonchev–Trinajstić information content (AvgIpc) is 3.07. The van der Waals surface area contributed by atoms with Gasteiger partial charge in [-0.1, -0.05) is 43.3 Å². The molecule has 0 saturated carbocycles. The van der Waals surface area contributed by atoms with Crippen LogP contribution < -0.4 is 0 Å². The number of phenolic OH excluding ortho intramolecular Hbond substituents is 1. The number of rotatable bonds is 6. The Kier molecular flexibility index (Phi) is 5.86. The predicted octanol–water partition coefficient (Wildman–Crippen LogP) is 2.71. The third-order valence-corrected chi connectivity index (χ3v) is 4.79. The second-order valence-electron chi connectivity index (χ2n) is 6.84. The molecule has 0 spiro atoms. The molecule has 27 heavy (non-hydrogen) atoms. The number of nitrogens with zero attached hydrogens (tertiary/aromatic N) is 1. The van der Waals surface area contributed by atoms with Gasteiger partial charge in [0.25, 0.3) is 0 Å². The third kappa shape index (κ3) is 4.34. The van der Waals surface area contributed by atoms with Crippen LogP contribution in [-0.4, -0.2) is 41.1 Å². The van der Waals surface area contributed by atoms with Crippen molar-refractivity contribution in [2.75, 3.05) is 6.61 Å². The zero-order chi connectivity index (χ0) is 19.4. The summed E-state index contributed by atoms with van der Waals surface area (Å²) in [4.78, 5) is 25.9. The first-order chi connectivity index (χ1) is 13.0. The molecule has 1 aliphatic rings. The Bertz CT molecular complexity index is 811. The minimum Gasteiger partial charge on any atom is -0.505 e. The summed E-state index contributed by atoms with van der Waals surface area (Å²) in [6.45, 7) is 2.04. The van der Waals surface area contributed by atoms with Crippen molar-refractivity contribution in [1.29, 1.82) is 0 Å². The first kappa shape index (κ1) is 19.0. The number of amides is 1. The van der Waals surface area contributed by atoms with Crippen molar-refractivity contribution in [3.8, 4) is 5.75 Å². The summed E-state index contributed by atoms with van der Waals surface area (Å²) in [6, 6.07) is 13.6. The van der Waals surface area contributed by atoms with Crippen LogP contribution in [0.25, 0.3) is 0 Å². The van der Waals surface area contributed by atoms with Gasteiger partial charge in [-0.05, 0) is 36.1 Å². The highest BCUT2D eigenvalue weighted by Gasteiger charge is 2.39. The quantitative estimate of drug-likeness (QED) is 0.793. The van der Waals surface area contributed by atoms with Crippen molar-refractivity contribution >= 4 is 12.2 Å². The first-order valence-corrected chi connectivity index (χ1v) is 8.90. The van der Waals surface area contributed by atoms with Gasteiger partial charge < -0.3 is 14.7 Å². The van der Waals surface area contributed by atoms with E-state index in [-0.39, 0.29) is 11.9 Å². The number of carbonyl (C=O) groups excluding carboxylic acids is 2. The lowest BCUT2D eigenvalue weighted by Crippen LogP contribution is -2.46. The minimum atomic E-state index is -0.898. The van der Waals surface area contributed by atoms with Crippen molar-refractivity contribution in [2.24, 2.45) is 5.92 Å². The number of aldehydes is 1. The number of hydrogen-bond donors (Lipinski definition) is 1. The van der Waals surface area contributed by atoms with Gasteiger partial charge in [-0.3, -0.25) is 9.59 Å². The van der Waals surface area contributed by atoms with Gasteiger partial charge in [-0.2, -0.15) is 0 Å². The Morgan fingerprint density at radius 3 is 2.70 bits per heavy atom. The molecule has 3 rings (SSSR count). The fourth-order valence-electron chi connectivity index (χ4n) is 3.40. The second kappa shape index (κ2) is 8.31. The van der Waals surface area contributed by atoms with E-state index in [0.717, 1.165) is 5.56 Å². The number of ether oxygens (including phenoxy) is 1. The van der Waals surface area contributed by atoms with E-state index in [1.807, 2.05) is 30.3 Å². The Hall–Kier alpha value is -2.73. The molecule has 1 amide bonds. The lowest BCUT2D eigenvalue weighted by Gasteiger charge is -2.28. The molecule has 0 bridgehead atoms. The first-order valence-electron chi connectivity index (χ1n) is 8.90. The molecular weight excluding hydrogens is 349 g/mol. The maximum Gasteiger partial charge on any atom is 0.228 e. The molecule has 1 heterocycles. The highest BCUT2D eigenvalue weighted by Crippen LogP contribution is 2.24. The molecular formula is C21H22FNO4. The van der Waals surface area contributed by atoms with Crippen molar-refractivity contribution in [2.45, 2.75) is 32.0 Å². The average molecular weight is 371 g/mol. The minimum absolute atomic E-state index is 0.209. The number of benzene rings is 2. The molecule has 6 heteroatoms. The Balaban J connectivity index is 1.74. The molecule has 142 valence electrons. The van der Waals surface area contributed by atoms with Gasteiger partial charge in [-0.25, -0.2) is 4.39 Å². The zero-order valence-corrected chi connectivity index (χ0v) is 15.0. The zero-order valence-electron chi connectivity index (χ0n) is 15.0. The smallest absolute Gasteiger partial charge is 0.228 e. The van der Waals surface area contributed by atoms with E-state index in [2.05, 4.69) is 0 Å². The standard InChI is InChI=1S/C21H22FNO4/c1-14(9-16-7-8-19(25)18(22)11-16)21(26)23-17(13-27-20(23)12-24)10-15-5-3-2-4-6-15/h2-8,11-12,14,17,20,25H,9-10,13H2,1H3/t14-,17+,20?/m0/s1. The maximum atomic E-state index is 13.5. The number of aromatic hydroxyl groups is 1. The van der Waals surface area contributed by atoms with Crippen LogP contribution in [0.2, 0.25) is 0 Å². The van der Waals surface area contributed by atoms with Crippen LogP contribution in [0.5, 0.6) is 5.75 Å². The van der Waals surface area contributed by atoms with E-state index in [4.69, 9.17) is 4.74 Å². The SMILES string of the molecule is C[C@@H](Cc1ccc(O)c(F)c1)C(=O)N1C(C=O)OC[C@H]1Cc1ccccc1. The van der Waals surface area contributed by atoms with E-state index in [1.165, 1.54) is 17.0 Å². The molecule has 1 unspecified atom stereocenters. The molecule has 1 fully saturated rings. The summed E-state index contributed by atoms with van der Waals surface area (Å²) in [5, 5.41) is 9.30. The summed E-state index contributed by atoms with van der Waals surface area (Å²) in [6.07, 6.45) is 0.633. The number of hydrogen-bond acceptors (Lipinski definition) is 4. The van der Waals surface area contributed by atoms with Crippen LogP contribution in [-0.2, 0) is 27.2 Å². The molecule has 0 aliphatic carbocycles. The van der Waals surface area contributed by atoms with E-state index in [1.54, 1.807) is 13.0 Å². The third-order valence-electron chi connectivity index (χ3n) is 4.79. The van der Waals surface area contributed by atoms with Gasteiger partial charge in [0.1, 0.15) is 0 Å². The number of carbonyl (C=O) groups is 2. The lowest BCUT2D eigenvalue weighted by atomic mass is 9.98. The van der Waals surface area contributed by atoms with Gasteiger partial charge in [-0.15, -0.1) is 0 Å². The predicted molar refractivity (Wildman–Crippen MR) is 97.5 cm³/mol. The van der Waals surface area contributed by atoms with E-state index in [0.29, 0.717) is 31.3 Å². The Labute approximate surface area is 157 Å². The van der Waals surface area contributed by atoms with Crippen LogP contribution in [0.15, 0.2) is 48.5 Å². The molecule has 1 saturated heterocycles. The van der Waals surface area contributed by atoms with Crippen LogP contribution in [0, 0.1) is 11.7 Å². The van der Waals surface area contributed by atoms with Crippen molar-refractivity contribution < 1.29 is 23.8 Å². The molecule has 0 aromatic heterocycles.